The van der Waals surface area contributed by atoms with Crippen LogP contribution in [0.4, 0.5) is 5.82 Å². The van der Waals surface area contributed by atoms with Crippen LogP contribution >= 0.6 is 0 Å². The van der Waals surface area contributed by atoms with Crippen LogP contribution in [-0.4, -0.2) is 45.9 Å². The Bertz CT molecular complexity index is 953. The second-order valence-corrected chi connectivity index (χ2v) is 10.1. The summed E-state index contributed by atoms with van der Waals surface area (Å²) in [5.41, 5.74) is 2.35. The standard InChI is InChI=1S/C25H35N3O3/c1-28(2)24-18(14-26-25-11-15-6-16(12-25)8-17(7-15)13-25)9-19-20(27-24)10-21(29-3)23(31-5)22(19)30-4/h9-10,15-17,26H,6-8,11-14H2,1-5H3. The van der Waals surface area contributed by atoms with Crippen molar-refractivity contribution in [3.05, 3.63) is 17.7 Å². The fraction of sp³-hybridized carbons (Fsp3) is 0.640. The molecule has 1 heterocycles. The summed E-state index contributed by atoms with van der Waals surface area (Å²) in [6.07, 6.45) is 8.39. The van der Waals surface area contributed by atoms with Crippen molar-refractivity contribution in [3.8, 4) is 17.2 Å². The highest BCUT2D eigenvalue weighted by Gasteiger charge is 2.50. The maximum atomic E-state index is 5.75. The summed E-state index contributed by atoms with van der Waals surface area (Å²) in [6, 6.07) is 4.14. The Morgan fingerprint density at radius 3 is 2.06 bits per heavy atom. The third-order valence-corrected chi connectivity index (χ3v) is 7.79. The van der Waals surface area contributed by atoms with Crippen molar-refractivity contribution in [2.45, 2.75) is 50.6 Å². The minimum Gasteiger partial charge on any atom is -0.493 e. The van der Waals surface area contributed by atoms with E-state index in [9.17, 15) is 0 Å². The van der Waals surface area contributed by atoms with Crippen LogP contribution in [0.5, 0.6) is 17.2 Å². The van der Waals surface area contributed by atoms with Gasteiger partial charge in [-0.2, -0.15) is 0 Å². The largest absolute Gasteiger partial charge is 0.493 e. The number of aromatic nitrogens is 1. The smallest absolute Gasteiger partial charge is 0.204 e. The molecular formula is C25H35N3O3. The van der Waals surface area contributed by atoms with E-state index in [0.29, 0.717) is 22.8 Å². The van der Waals surface area contributed by atoms with E-state index in [2.05, 4.69) is 30.4 Å². The van der Waals surface area contributed by atoms with Gasteiger partial charge in [0.15, 0.2) is 11.5 Å². The first-order valence-electron chi connectivity index (χ1n) is 11.5. The van der Waals surface area contributed by atoms with Crippen LogP contribution in [0.2, 0.25) is 0 Å². The van der Waals surface area contributed by atoms with Crippen LogP contribution in [0.1, 0.15) is 44.1 Å². The Balaban J connectivity index is 1.52. The lowest BCUT2D eigenvalue weighted by Gasteiger charge is -2.57. The van der Waals surface area contributed by atoms with Gasteiger partial charge < -0.3 is 24.4 Å². The highest BCUT2D eigenvalue weighted by molar-refractivity contribution is 5.92. The molecule has 4 aliphatic carbocycles. The van der Waals surface area contributed by atoms with Crippen molar-refractivity contribution >= 4 is 16.7 Å². The molecule has 31 heavy (non-hydrogen) atoms. The number of hydrogen-bond acceptors (Lipinski definition) is 6. The fourth-order valence-electron chi connectivity index (χ4n) is 6.95. The third-order valence-electron chi connectivity index (χ3n) is 7.79. The van der Waals surface area contributed by atoms with Gasteiger partial charge in [-0.25, -0.2) is 4.98 Å². The molecule has 6 nitrogen and oxygen atoms in total. The van der Waals surface area contributed by atoms with E-state index in [-0.39, 0.29) is 0 Å². The summed E-state index contributed by atoms with van der Waals surface area (Å²) in [6.45, 7) is 0.820. The highest BCUT2D eigenvalue weighted by atomic mass is 16.5. The summed E-state index contributed by atoms with van der Waals surface area (Å²) in [4.78, 5) is 7.10. The van der Waals surface area contributed by atoms with Crippen molar-refractivity contribution in [1.82, 2.24) is 10.3 Å². The molecule has 0 unspecified atom stereocenters. The van der Waals surface area contributed by atoms with Gasteiger partial charge in [0.1, 0.15) is 5.82 Å². The van der Waals surface area contributed by atoms with Crippen molar-refractivity contribution in [2.24, 2.45) is 17.8 Å². The first-order valence-corrected chi connectivity index (χ1v) is 11.5. The molecule has 2 aromatic rings. The normalized spacial score (nSPS) is 28.7. The molecule has 4 aliphatic rings. The quantitative estimate of drug-likeness (QED) is 0.710. The first kappa shape index (κ1) is 20.7. The second kappa shape index (κ2) is 7.73. The van der Waals surface area contributed by atoms with Crippen LogP contribution in [0.15, 0.2) is 12.1 Å². The third kappa shape index (κ3) is 3.49. The maximum absolute atomic E-state index is 5.75. The lowest BCUT2D eigenvalue weighted by molar-refractivity contribution is -0.0205. The SMILES string of the molecule is COc1cc2nc(N(C)C)c(CNC34CC5CC(CC(C5)C3)C4)cc2c(OC)c1OC. The fourth-order valence-corrected chi connectivity index (χ4v) is 6.95. The van der Waals surface area contributed by atoms with Gasteiger partial charge in [0.05, 0.1) is 26.8 Å². The van der Waals surface area contributed by atoms with Gasteiger partial charge in [0, 0.05) is 43.2 Å². The van der Waals surface area contributed by atoms with Crippen LogP contribution in [-0.2, 0) is 6.54 Å². The first-order chi connectivity index (χ1) is 14.9. The monoisotopic (exact) mass is 425 g/mol. The van der Waals surface area contributed by atoms with E-state index in [1.165, 1.54) is 44.1 Å². The molecule has 0 aliphatic heterocycles. The summed E-state index contributed by atoms with van der Waals surface area (Å²) in [7, 11) is 9.06. The summed E-state index contributed by atoms with van der Waals surface area (Å²) in [5.74, 6) is 5.68. The Kier molecular flexibility index (Phi) is 5.16. The van der Waals surface area contributed by atoms with Crippen LogP contribution < -0.4 is 24.4 Å². The predicted octanol–water partition coefficient (Wildman–Crippen LogP) is 4.39. The minimum absolute atomic E-state index is 0.314. The van der Waals surface area contributed by atoms with Crippen LogP contribution in [0, 0.1) is 17.8 Å². The van der Waals surface area contributed by atoms with E-state index in [4.69, 9.17) is 19.2 Å². The molecular weight excluding hydrogens is 390 g/mol. The van der Waals surface area contributed by atoms with E-state index in [1.54, 1.807) is 21.3 Å². The molecule has 4 saturated carbocycles. The average molecular weight is 426 g/mol. The molecule has 6 rings (SSSR count). The summed E-state index contributed by atoms with van der Waals surface area (Å²) < 4.78 is 16.9. The number of hydrogen-bond donors (Lipinski definition) is 1. The lowest BCUT2D eigenvalue weighted by Crippen LogP contribution is -2.58. The number of fused-ring (bicyclic) bond motifs is 1. The van der Waals surface area contributed by atoms with Gasteiger partial charge in [-0.1, -0.05) is 0 Å². The molecule has 1 aromatic heterocycles. The summed E-state index contributed by atoms with van der Waals surface area (Å²) >= 11 is 0. The van der Waals surface area contributed by atoms with Crippen molar-refractivity contribution in [1.29, 1.82) is 0 Å². The molecule has 4 fully saturated rings. The average Bonchev–Trinajstić information content (AvgIpc) is 2.74. The van der Waals surface area contributed by atoms with Crippen molar-refractivity contribution in [3.63, 3.8) is 0 Å². The van der Waals surface area contributed by atoms with E-state index in [1.807, 2.05) is 6.07 Å². The minimum atomic E-state index is 0.314. The van der Waals surface area contributed by atoms with Crippen molar-refractivity contribution in [2.75, 3.05) is 40.3 Å². The van der Waals surface area contributed by atoms with Crippen molar-refractivity contribution < 1.29 is 14.2 Å². The zero-order chi connectivity index (χ0) is 21.8. The summed E-state index contributed by atoms with van der Waals surface area (Å²) in [5, 5.41) is 4.98. The molecule has 1 N–H and O–H groups in total. The zero-order valence-electron chi connectivity index (χ0n) is 19.5. The number of anilines is 1. The zero-order valence-corrected chi connectivity index (χ0v) is 19.5. The molecule has 0 spiro atoms. The van der Waals surface area contributed by atoms with Gasteiger partial charge in [-0.3, -0.25) is 0 Å². The molecule has 168 valence electrons. The number of ether oxygens (including phenoxy) is 3. The number of nitrogens with zero attached hydrogens (tertiary/aromatic N) is 2. The van der Waals surface area contributed by atoms with Gasteiger partial charge >= 0.3 is 0 Å². The molecule has 4 bridgehead atoms. The predicted molar refractivity (Wildman–Crippen MR) is 123 cm³/mol. The van der Waals surface area contributed by atoms with Gasteiger partial charge in [0.2, 0.25) is 5.75 Å². The Labute approximate surface area is 185 Å². The van der Waals surface area contributed by atoms with Crippen LogP contribution in [0.3, 0.4) is 0 Å². The number of nitrogens with one attached hydrogen (secondary N) is 1. The molecule has 0 amide bonds. The molecule has 1 aromatic carbocycles. The van der Waals surface area contributed by atoms with Crippen LogP contribution in [0.25, 0.3) is 10.9 Å². The van der Waals surface area contributed by atoms with Gasteiger partial charge in [-0.05, 0) is 62.3 Å². The van der Waals surface area contributed by atoms with Gasteiger partial charge in [-0.15, -0.1) is 0 Å². The number of rotatable bonds is 7. The number of benzene rings is 1. The Morgan fingerprint density at radius 2 is 1.55 bits per heavy atom. The van der Waals surface area contributed by atoms with E-state index >= 15 is 0 Å². The second-order valence-electron chi connectivity index (χ2n) is 10.1. The molecule has 0 atom stereocenters. The molecule has 0 saturated heterocycles. The Hall–Kier alpha value is -2.21. The topological polar surface area (TPSA) is 55.9 Å². The van der Waals surface area contributed by atoms with E-state index in [0.717, 1.165) is 41.0 Å². The Morgan fingerprint density at radius 1 is 0.935 bits per heavy atom. The number of methoxy groups -OCH3 is 3. The van der Waals surface area contributed by atoms with Gasteiger partial charge in [0.25, 0.3) is 0 Å². The molecule has 0 radical (unpaired) electrons. The molecule has 6 heteroatoms. The highest BCUT2D eigenvalue weighted by Crippen LogP contribution is 2.55. The number of pyridine rings is 1. The maximum Gasteiger partial charge on any atom is 0.204 e. The lowest BCUT2D eigenvalue weighted by atomic mass is 9.53. The van der Waals surface area contributed by atoms with E-state index < -0.39 is 0 Å².